The van der Waals surface area contributed by atoms with Gasteiger partial charge in [0.2, 0.25) is 0 Å². The van der Waals surface area contributed by atoms with Crippen LogP contribution in [0.15, 0.2) is 41.0 Å². The van der Waals surface area contributed by atoms with E-state index in [-0.39, 0.29) is 17.2 Å². The van der Waals surface area contributed by atoms with Gasteiger partial charge in [-0.05, 0) is 48.2 Å². The lowest BCUT2D eigenvalue weighted by molar-refractivity contribution is -0.133. The molecule has 0 unspecified atom stereocenters. The van der Waals surface area contributed by atoms with E-state index in [1.807, 2.05) is 6.07 Å². The molecular weight excluding hydrogens is 359 g/mol. The number of fused-ring (bicyclic) bond motifs is 1. The van der Waals surface area contributed by atoms with Gasteiger partial charge < -0.3 is 9.15 Å². The van der Waals surface area contributed by atoms with Gasteiger partial charge in [-0.25, -0.2) is 0 Å². The molecular formula is C20H18Cl2O3. The molecule has 0 spiro atoms. The lowest BCUT2D eigenvalue weighted by atomic mass is 9.95. The number of benzene rings is 2. The maximum Gasteiger partial charge on any atom is 0.315 e. The maximum absolute atomic E-state index is 12.3. The fraction of sp³-hybridized carbons (Fsp3) is 0.250. The fourth-order valence-electron chi connectivity index (χ4n) is 2.88. The van der Waals surface area contributed by atoms with Crippen LogP contribution in [0.3, 0.4) is 0 Å². The summed E-state index contributed by atoms with van der Waals surface area (Å²) in [5.41, 5.74) is 3.98. The summed E-state index contributed by atoms with van der Waals surface area (Å²) < 4.78 is 11.0. The molecule has 3 rings (SSSR count). The summed E-state index contributed by atoms with van der Waals surface area (Å²) in [6, 6.07) is 9.03. The zero-order chi connectivity index (χ0) is 18.1. The number of furan rings is 1. The van der Waals surface area contributed by atoms with Crippen molar-refractivity contribution in [2.24, 2.45) is 0 Å². The molecule has 1 heterocycles. The number of hydrogen-bond acceptors (Lipinski definition) is 3. The molecule has 0 aliphatic heterocycles. The van der Waals surface area contributed by atoms with E-state index in [1.165, 1.54) is 11.1 Å². The number of hydrogen-bond donors (Lipinski definition) is 0. The monoisotopic (exact) mass is 376 g/mol. The Morgan fingerprint density at radius 1 is 1.24 bits per heavy atom. The fourth-order valence-corrected chi connectivity index (χ4v) is 3.21. The second-order valence-corrected chi connectivity index (χ2v) is 7.11. The number of carbonyl (C=O) groups excluding carboxylic acids is 1. The number of carbonyl (C=O) groups is 1. The van der Waals surface area contributed by atoms with Crippen molar-refractivity contribution in [3.8, 4) is 5.75 Å². The van der Waals surface area contributed by atoms with E-state index >= 15 is 0 Å². The Hall–Kier alpha value is -1.97. The van der Waals surface area contributed by atoms with Gasteiger partial charge in [-0.2, -0.15) is 0 Å². The van der Waals surface area contributed by atoms with Gasteiger partial charge in [0.1, 0.15) is 10.6 Å². The first-order chi connectivity index (χ1) is 11.9. The quantitative estimate of drug-likeness (QED) is 0.395. The van der Waals surface area contributed by atoms with Crippen molar-refractivity contribution in [1.29, 1.82) is 0 Å². The van der Waals surface area contributed by atoms with Gasteiger partial charge in [-0.3, -0.25) is 4.79 Å². The molecule has 3 aromatic rings. The maximum atomic E-state index is 12.3. The van der Waals surface area contributed by atoms with Crippen molar-refractivity contribution in [2.45, 2.75) is 33.1 Å². The van der Waals surface area contributed by atoms with Crippen LogP contribution in [0.4, 0.5) is 0 Å². The summed E-state index contributed by atoms with van der Waals surface area (Å²) in [5, 5.41) is 1.51. The van der Waals surface area contributed by atoms with Gasteiger partial charge in [0, 0.05) is 10.9 Å². The highest BCUT2D eigenvalue weighted by Gasteiger charge is 2.16. The van der Waals surface area contributed by atoms with Crippen molar-refractivity contribution in [2.75, 3.05) is 0 Å². The van der Waals surface area contributed by atoms with Crippen LogP contribution in [0.1, 0.15) is 36.5 Å². The van der Waals surface area contributed by atoms with E-state index in [4.69, 9.17) is 32.4 Å². The Labute approximate surface area is 156 Å². The standard InChI is InChI=1S/C20H18Cl2O3/c1-11(2)14-9-15-13(10-24-18(15)7-12(14)3)8-19(23)25-17-6-4-5-16(21)20(17)22/h4-7,9-11H,8H2,1-3H3. The van der Waals surface area contributed by atoms with Crippen LogP contribution in [0.25, 0.3) is 11.0 Å². The van der Waals surface area contributed by atoms with E-state index in [1.54, 1.807) is 24.5 Å². The average molecular weight is 377 g/mol. The highest BCUT2D eigenvalue weighted by Crippen LogP contribution is 2.32. The summed E-state index contributed by atoms with van der Waals surface area (Å²) in [7, 11) is 0. The average Bonchev–Trinajstić information content (AvgIpc) is 2.92. The van der Waals surface area contributed by atoms with E-state index in [9.17, 15) is 4.79 Å². The number of esters is 1. The first kappa shape index (κ1) is 17.8. The van der Waals surface area contributed by atoms with Crippen LogP contribution in [0, 0.1) is 6.92 Å². The molecule has 0 aliphatic carbocycles. The molecule has 25 heavy (non-hydrogen) atoms. The van der Waals surface area contributed by atoms with Gasteiger partial charge in [-0.1, -0.05) is 43.1 Å². The molecule has 1 aromatic heterocycles. The van der Waals surface area contributed by atoms with E-state index in [2.05, 4.69) is 26.8 Å². The Balaban J connectivity index is 1.86. The smallest absolute Gasteiger partial charge is 0.315 e. The predicted molar refractivity (Wildman–Crippen MR) is 101 cm³/mol. The lowest BCUT2D eigenvalue weighted by Crippen LogP contribution is -2.11. The van der Waals surface area contributed by atoms with Gasteiger partial charge in [-0.15, -0.1) is 0 Å². The topological polar surface area (TPSA) is 39.4 Å². The zero-order valence-corrected chi connectivity index (χ0v) is 15.7. The second-order valence-electron chi connectivity index (χ2n) is 6.32. The lowest BCUT2D eigenvalue weighted by Gasteiger charge is -2.10. The third-order valence-corrected chi connectivity index (χ3v) is 4.94. The molecule has 0 atom stereocenters. The molecule has 0 fully saturated rings. The van der Waals surface area contributed by atoms with Gasteiger partial charge >= 0.3 is 5.97 Å². The van der Waals surface area contributed by atoms with E-state index < -0.39 is 5.97 Å². The molecule has 130 valence electrons. The van der Waals surface area contributed by atoms with Gasteiger partial charge in [0.05, 0.1) is 17.7 Å². The van der Waals surface area contributed by atoms with Crippen molar-refractivity contribution >= 4 is 40.1 Å². The summed E-state index contributed by atoms with van der Waals surface area (Å²) in [6.07, 6.45) is 1.70. The first-order valence-corrected chi connectivity index (χ1v) is 8.77. The zero-order valence-electron chi connectivity index (χ0n) is 14.2. The highest BCUT2D eigenvalue weighted by atomic mass is 35.5. The second kappa shape index (κ2) is 7.11. The molecule has 0 aliphatic rings. The number of rotatable bonds is 4. The van der Waals surface area contributed by atoms with E-state index in [0.717, 1.165) is 16.5 Å². The molecule has 0 amide bonds. The van der Waals surface area contributed by atoms with Crippen molar-refractivity contribution in [1.82, 2.24) is 0 Å². The summed E-state index contributed by atoms with van der Waals surface area (Å²) >= 11 is 12.0. The minimum atomic E-state index is -0.418. The van der Waals surface area contributed by atoms with Gasteiger partial charge in [0.15, 0.2) is 5.75 Å². The van der Waals surface area contributed by atoms with Crippen LogP contribution in [0.2, 0.25) is 10.0 Å². The molecule has 0 saturated carbocycles. The minimum absolute atomic E-state index is 0.0937. The van der Waals surface area contributed by atoms with Gasteiger partial charge in [0.25, 0.3) is 0 Å². The number of ether oxygens (including phenoxy) is 1. The predicted octanol–water partition coefficient (Wildman–Crippen LogP) is 6.32. The normalized spacial score (nSPS) is 11.3. The molecule has 0 saturated heterocycles. The van der Waals surface area contributed by atoms with Crippen LogP contribution in [0.5, 0.6) is 5.75 Å². The Morgan fingerprint density at radius 3 is 2.72 bits per heavy atom. The third kappa shape index (κ3) is 3.68. The Morgan fingerprint density at radius 2 is 2.00 bits per heavy atom. The molecule has 3 nitrogen and oxygen atoms in total. The highest BCUT2D eigenvalue weighted by molar-refractivity contribution is 6.43. The third-order valence-electron chi connectivity index (χ3n) is 4.14. The summed E-state index contributed by atoms with van der Waals surface area (Å²) in [5.74, 6) is 0.230. The molecule has 0 bridgehead atoms. The SMILES string of the molecule is Cc1cc2occ(CC(=O)Oc3cccc(Cl)c3Cl)c2cc1C(C)C. The molecule has 5 heteroatoms. The van der Waals surface area contributed by atoms with Crippen molar-refractivity contribution in [3.63, 3.8) is 0 Å². The van der Waals surface area contributed by atoms with Crippen LogP contribution < -0.4 is 4.74 Å². The number of aryl methyl sites for hydroxylation is 1. The summed E-state index contributed by atoms with van der Waals surface area (Å²) in [6.45, 7) is 6.35. The summed E-state index contributed by atoms with van der Waals surface area (Å²) in [4.78, 5) is 12.3. The molecule has 0 N–H and O–H groups in total. The van der Waals surface area contributed by atoms with Crippen molar-refractivity contribution < 1.29 is 13.9 Å². The van der Waals surface area contributed by atoms with Crippen molar-refractivity contribution in [3.05, 3.63) is 63.3 Å². The largest absolute Gasteiger partial charge is 0.464 e. The minimum Gasteiger partial charge on any atom is -0.464 e. The van der Waals surface area contributed by atoms with Crippen LogP contribution in [-0.4, -0.2) is 5.97 Å². The number of halogens is 2. The molecule has 0 radical (unpaired) electrons. The Bertz CT molecular complexity index is 942. The van der Waals surface area contributed by atoms with Crippen LogP contribution >= 0.6 is 23.2 Å². The van der Waals surface area contributed by atoms with Crippen LogP contribution in [-0.2, 0) is 11.2 Å². The Kier molecular flexibility index (Phi) is 5.07. The molecule has 2 aromatic carbocycles. The first-order valence-electron chi connectivity index (χ1n) is 8.02. The van der Waals surface area contributed by atoms with E-state index in [0.29, 0.717) is 10.9 Å².